The predicted octanol–water partition coefficient (Wildman–Crippen LogP) is 3.54. The van der Waals surface area contributed by atoms with Gasteiger partial charge in [0.1, 0.15) is 5.82 Å². The molecule has 3 N–H and O–H groups in total. The number of para-hydroxylation sites is 1. The first-order valence-corrected chi connectivity index (χ1v) is 10.9. The zero-order valence-electron chi connectivity index (χ0n) is 17.9. The Morgan fingerprint density at radius 3 is 2.45 bits per heavy atom. The van der Waals surface area contributed by atoms with Crippen molar-refractivity contribution in [3.63, 3.8) is 0 Å². The van der Waals surface area contributed by atoms with Crippen molar-refractivity contribution in [2.75, 3.05) is 28.6 Å². The molecule has 1 aliphatic carbocycles. The second-order valence-corrected chi connectivity index (χ2v) is 8.69. The van der Waals surface area contributed by atoms with E-state index in [-0.39, 0.29) is 23.2 Å². The van der Waals surface area contributed by atoms with Crippen LogP contribution >= 0.6 is 0 Å². The summed E-state index contributed by atoms with van der Waals surface area (Å²) < 4.78 is 5.39. The fraction of sp³-hybridized carbons (Fsp3) is 0.348. The maximum Gasteiger partial charge on any atom is 0.320 e. The van der Waals surface area contributed by atoms with Crippen molar-refractivity contribution in [2.24, 2.45) is 11.3 Å². The molecule has 3 aromatic rings. The minimum atomic E-state index is -0.674. The van der Waals surface area contributed by atoms with Gasteiger partial charge in [-0.1, -0.05) is 23.3 Å². The standard InChI is InChI=1S/C23H24N6O4/c30-19(20-27-28-22(33-20)26-16-4-2-1-3-5-16)25-17-6-7-18(24-14-17)29-10-8-23(9-11-29)12-15(13-23)21(31)32/h1-7,14-15H,8-13H2,(H,25,30)(H,26,28)(H,31,32). The lowest BCUT2D eigenvalue weighted by Gasteiger charge is -2.51. The Bertz CT molecular complexity index is 1130. The summed E-state index contributed by atoms with van der Waals surface area (Å²) in [5.41, 5.74) is 1.48. The van der Waals surface area contributed by atoms with Gasteiger partial charge >= 0.3 is 23.8 Å². The van der Waals surface area contributed by atoms with Crippen LogP contribution in [-0.2, 0) is 4.79 Å². The molecule has 33 heavy (non-hydrogen) atoms. The predicted molar refractivity (Wildman–Crippen MR) is 120 cm³/mol. The van der Waals surface area contributed by atoms with E-state index in [1.807, 2.05) is 36.4 Å². The maximum atomic E-state index is 12.4. The minimum Gasteiger partial charge on any atom is -0.481 e. The number of pyridine rings is 1. The van der Waals surface area contributed by atoms with Gasteiger partial charge in [0, 0.05) is 18.8 Å². The summed E-state index contributed by atoms with van der Waals surface area (Å²) in [5.74, 6) is -0.688. The van der Waals surface area contributed by atoms with Crippen molar-refractivity contribution in [3.05, 3.63) is 54.6 Å². The van der Waals surface area contributed by atoms with Crippen molar-refractivity contribution >= 4 is 35.1 Å². The molecule has 2 aromatic heterocycles. The highest BCUT2D eigenvalue weighted by Gasteiger charge is 2.48. The smallest absolute Gasteiger partial charge is 0.320 e. The topological polar surface area (TPSA) is 133 Å². The SMILES string of the molecule is O=C(Nc1ccc(N2CCC3(CC2)CC(C(=O)O)C3)nc1)c1nnc(Nc2ccccc2)o1. The number of nitrogens with one attached hydrogen (secondary N) is 2. The number of carbonyl (C=O) groups is 2. The van der Waals surface area contributed by atoms with Crippen LogP contribution in [0.5, 0.6) is 0 Å². The fourth-order valence-electron chi connectivity index (χ4n) is 4.62. The number of nitrogens with zero attached hydrogens (tertiary/aromatic N) is 4. The van der Waals surface area contributed by atoms with Crippen molar-refractivity contribution in [1.82, 2.24) is 15.2 Å². The van der Waals surface area contributed by atoms with Gasteiger partial charge in [-0.25, -0.2) is 4.98 Å². The van der Waals surface area contributed by atoms with Gasteiger partial charge in [-0.05, 0) is 55.4 Å². The molecule has 3 heterocycles. The van der Waals surface area contributed by atoms with Crippen LogP contribution in [0.2, 0.25) is 0 Å². The Kier molecular flexibility index (Phi) is 5.41. The average Bonchev–Trinajstić information content (AvgIpc) is 3.27. The van der Waals surface area contributed by atoms with Crippen LogP contribution in [0.1, 0.15) is 36.4 Å². The monoisotopic (exact) mass is 448 g/mol. The molecule has 1 amide bonds. The number of carboxylic acid groups (broad SMARTS) is 1. The maximum absolute atomic E-state index is 12.4. The van der Waals surface area contributed by atoms with Gasteiger partial charge in [-0.15, -0.1) is 5.10 Å². The number of carboxylic acids is 1. The largest absolute Gasteiger partial charge is 0.481 e. The summed E-state index contributed by atoms with van der Waals surface area (Å²) >= 11 is 0. The Morgan fingerprint density at radius 1 is 1.03 bits per heavy atom. The molecule has 0 atom stereocenters. The lowest BCUT2D eigenvalue weighted by Crippen LogP contribution is -2.49. The molecule has 1 spiro atoms. The molecule has 5 rings (SSSR count). The normalized spacial score (nSPS) is 17.4. The third kappa shape index (κ3) is 4.50. The highest BCUT2D eigenvalue weighted by Crippen LogP contribution is 2.52. The first-order chi connectivity index (χ1) is 16.0. The number of carbonyl (C=O) groups excluding carboxylic acids is 1. The van der Waals surface area contributed by atoms with Crippen LogP contribution in [0, 0.1) is 11.3 Å². The molecular weight excluding hydrogens is 424 g/mol. The minimum absolute atomic E-state index is 0.129. The Balaban J connectivity index is 1.14. The van der Waals surface area contributed by atoms with Gasteiger partial charge in [-0.2, -0.15) is 0 Å². The fourth-order valence-corrected chi connectivity index (χ4v) is 4.62. The van der Waals surface area contributed by atoms with E-state index in [0.717, 1.165) is 50.3 Å². The molecule has 1 saturated heterocycles. The van der Waals surface area contributed by atoms with Gasteiger partial charge in [0.05, 0.1) is 17.8 Å². The number of piperidine rings is 1. The molecule has 1 saturated carbocycles. The summed E-state index contributed by atoms with van der Waals surface area (Å²) in [6, 6.07) is 13.1. The molecule has 2 aliphatic rings. The zero-order valence-corrected chi connectivity index (χ0v) is 17.9. The van der Waals surface area contributed by atoms with Crippen LogP contribution in [0.4, 0.5) is 23.2 Å². The van der Waals surface area contributed by atoms with E-state index in [0.29, 0.717) is 5.69 Å². The second-order valence-electron chi connectivity index (χ2n) is 8.69. The summed E-state index contributed by atoms with van der Waals surface area (Å²) in [6.45, 7) is 1.70. The second kappa shape index (κ2) is 8.53. The lowest BCUT2D eigenvalue weighted by molar-refractivity contribution is -0.151. The van der Waals surface area contributed by atoms with E-state index >= 15 is 0 Å². The van der Waals surface area contributed by atoms with E-state index in [4.69, 9.17) is 9.52 Å². The molecule has 1 aliphatic heterocycles. The molecule has 1 aromatic carbocycles. The molecule has 10 nitrogen and oxygen atoms in total. The van der Waals surface area contributed by atoms with E-state index in [9.17, 15) is 9.59 Å². The zero-order chi connectivity index (χ0) is 22.8. The van der Waals surface area contributed by atoms with Gasteiger partial charge in [0.25, 0.3) is 0 Å². The molecule has 0 unspecified atom stereocenters. The van der Waals surface area contributed by atoms with Gasteiger partial charge < -0.3 is 25.1 Å². The summed E-state index contributed by atoms with van der Waals surface area (Å²) in [5, 5.41) is 22.4. The highest BCUT2D eigenvalue weighted by molar-refractivity contribution is 6.00. The van der Waals surface area contributed by atoms with E-state index in [1.54, 1.807) is 12.3 Å². The molecule has 2 fully saturated rings. The van der Waals surface area contributed by atoms with Crippen molar-refractivity contribution < 1.29 is 19.1 Å². The molecule has 0 bridgehead atoms. The van der Waals surface area contributed by atoms with Gasteiger partial charge in [0.15, 0.2) is 0 Å². The summed E-state index contributed by atoms with van der Waals surface area (Å²) in [6.07, 6.45) is 5.13. The van der Waals surface area contributed by atoms with Crippen LogP contribution in [0.15, 0.2) is 53.1 Å². The molecule has 170 valence electrons. The number of aromatic nitrogens is 3. The van der Waals surface area contributed by atoms with Crippen molar-refractivity contribution in [3.8, 4) is 0 Å². The average molecular weight is 448 g/mol. The van der Waals surface area contributed by atoms with Gasteiger partial charge in [0.2, 0.25) is 0 Å². The number of hydrogen-bond acceptors (Lipinski definition) is 8. The lowest BCUT2D eigenvalue weighted by atomic mass is 9.57. The number of rotatable bonds is 6. The third-order valence-corrected chi connectivity index (χ3v) is 6.51. The van der Waals surface area contributed by atoms with E-state index in [2.05, 4.69) is 30.7 Å². The Hall–Kier alpha value is -3.95. The van der Waals surface area contributed by atoms with Crippen molar-refractivity contribution in [2.45, 2.75) is 25.7 Å². The quantitative estimate of drug-likeness (QED) is 0.518. The van der Waals surface area contributed by atoms with Crippen molar-refractivity contribution in [1.29, 1.82) is 0 Å². The third-order valence-electron chi connectivity index (χ3n) is 6.51. The van der Waals surface area contributed by atoms with Crippen LogP contribution in [-0.4, -0.2) is 45.3 Å². The first kappa shape index (κ1) is 20.9. The number of benzene rings is 1. The number of amides is 1. The van der Waals surface area contributed by atoms with Crippen LogP contribution in [0.25, 0.3) is 0 Å². The van der Waals surface area contributed by atoms with E-state index < -0.39 is 11.9 Å². The first-order valence-electron chi connectivity index (χ1n) is 10.9. The van der Waals surface area contributed by atoms with E-state index in [1.165, 1.54) is 0 Å². The van der Waals surface area contributed by atoms with Crippen LogP contribution < -0.4 is 15.5 Å². The molecule has 10 heteroatoms. The highest BCUT2D eigenvalue weighted by atomic mass is 16.4. The molecular formula is C23H24N6O4. The number of anilines is 4. The number of aliphatic carboxylic acids is 1. The van der Waals surface area contributed by atoms with Crippen LogP contribution in [0.3, 0.4) is 0 Å². The Morgan fingerprint density at radius 2 is 1.79 bits per heavy atom. The van der Waals surface area contributed by atoms with Gasteiger partial charge in [-0.3, -0.25) is 9.59 Å². The number of hydrogen-bond donors (Lipinski definition) is 3. The summed E-state index contributed by atoms with van der Waals surface area (Å²) in [4.78, 5) is 30.2. The summed E-state index contributed by atoms with van der Waals surface area (Å²) in [7, 11) is 0. The Labute approximate surface area is 190 Å². The molecule has 0 radical (unpaired) electrons.